The summed E-state index contributed by atoms with van der Waals surface area (Å²) in [4.78, 5) is 14.9. The van der Waals surface area contributed by atoms with Crippen molar-refractivity contribution in [1.82, 2.24) is 4.98 Å². The molecule has 0 bridgehead atoms. The maximum absolute atomic E-state index is 11.2. The van der Waals surface area contributed by atoms with Crippen LogP contribution >= 0.6 is 0 Å². The number of esters is 1. The van der Waals surface area contributed by atoms with Crippen molar-refractivity contribution in [2.75, 3.05) is 6.61 Å². The van der Waals surface area contributed by atoms with Crippen molar-refractivity contribution in [2.24, 2.45) is 5.92 Å². The molecule has 1 aromatic heterocycles. The zero-order valence-electron chi connectivity index (χ0n) is 12.7. The fourth-order valence-corrected chi connectivity index (χ4v) is 1.74. The van der Waals surface area contributed by atoms with Gasteiger partial charge in [0.1, 0.15) is 0 Å². The number of aromatic nitrogens is 1. The maximum Gasteiger partial charge on any atom is 5.00 e. The van der Waals surface area contributed by atoms with E-state index >= 15 is 0 Å². The predicted molar refractivity (Wildman–Crippen MR) is 72.9 cm³/mol. The van der Waals surface area contributed by atoms with Gasteiger partial charge >= 0.3 is 30.4 Å². The van der Waals surface area contributed by atoms with E-state index in [0.717, 1.165) is 25.7 Å². The number of carbonyl (C=O) groups excluding carboxylic acids is 1. The summed E-state index contributed by atoms with van der Waals surface area (Å²) in [6, 6.07) is 5.72. The smallest absolute Gasteiger partial charge is 1.00 e. The largest absolute Gasteiger partial charge is 5.00 e. The first-order chi connectivity index (χ1) is 8.34. The summed E-state index contributed by atoms with van der Waals surface area (Å²) in [5, 5.41) is 0. The fraction of sp³-hybridized carbons (Fsp3) is 0.500. The molecule has 1 aliphatic rings. The molecule has 1 fully saturated rings. The van der Waals surface area contributed by atoms with E-state index in [1.807, 2.05) is 25.1 Å². The molecule has 0 spiro atoms. The van der Waals surface area contributed by atoms with Gasteiger partial charge in [0.05, 0.1) is 12.5 Å². The summed E-state index contributed by atoms with van der Waals surface area (Å²) in [6.45, 7) is 2.37. The van der Waals surface area contributed by atoms with Gasteiger partial charge in [-0.25, -0.2) is 0 Å². The van der Waals surface area contributed by atoms with Gasteiger partial charge in [-0.1, -0.05) is 18.9 Å². The average Bonchev–Trinajstić information content (AvgIpc) is 2.43. The molecule has 134 valence electrons. The molecule has 0 aromatic carbocycles. The molecule has 2 rings (SSSR count). The van der Waals surface area contributed by atoms with E-state index in [-0.39, 0.29) is 98.4 Å². The van der Waals surface area contributed by atoms with Crippen LogP contribution in [0.3, 0.4) is 0 Å². The van der Waals surface area contributed by atoms with Crippen LogP contribution in [0.15, 0.2) is 30.6 Å². The van der Waals surface area contributed by atoms with Crippen LogP contribution in [0.5, 0.6) is 0 Å². The van der Waals surface area contributed by atoms with Crippen molar-refractivity contribution >= 4 is 30.4 Å². The normalized spacial score (nSPS) is 11.5. The quantitative estimate of drug-likeness (QED) is 0.216. The van der Waals surface area contributed by atoms with Crippen molar-refractivity contribution in [3.05, 3.63) is 37.0 Å². The molecule has 0 unspecified atom stereocenters. The number of pyridine rings is 1. The Bertz CT molecular complexity index is 291. The topological polar surface area (TPSA) is 39.2 Å². The molecular formula is C14H20Cl5NO2Sb-. The molecule has 0 amide bonds. The molecule has 23 heavy (non-hydrogen) atoms. The number of ether oxygens (including phenoxy) is 1. The van der Waals surface area contributed by atoms with Crippen LogP contribution in [0.25, 0.3) is 0 Å². The van der Waals surface area contributed by atoms with Gasteiger partial charge in [-0.3, -0.25) is 9.78 Å². The molecule has 1 aliphatic carbocycles. The van der Waals surface area contributed by atoms with E-state index in [1.54, 1.807) is 12.4 Å². The number of halogens is 5. The number of rotatable bonds is 2. The van der Waals surface area contributed by atoms with E-state index in [1.165, 1.54) is 0 Å². The van der Waals surface area contributed by atoms with Gasteiger partial charge in [0.25, 0.3) is 0 Å². The Morgan fingerprint density at radius 3 is 1.83 bits per heavy atom. The third-order valence-corrected chi connectivity index (χ3v) is 2.62. The predicted octanol–water partition coefficient (Wildman–Crippen LogP) is -12.3. The van der Waals surface area contributed by atoms with E-state index in [9.17, 15) is 4.79 Å². The van der Waals surface area contributed by atoms with Gasteiger partial charge in [-0.15, -0.1) is 0 Å². The minimum atomic E-state index is 0. The summed E-state index contributed by atoms with van der Waals surface area (Å²) in [5.41, 5.74) is 0. The monoisotopic (exact) mass is 530 g/mol. The Balaban J connectivity index is -0.0000000540. The fourth-order valence-electron chi connectivity index (χ4n) is 1.74. The Morgan fingerprint density at radius 1 is 1.04 bits per heavy atom. The summed E-state index contributed by atoms with van der Waals surface area (Å²) in [5.74, 6) is 0.181. The molecule has 0 aliphatic heterocycles. The second-order valence-electron chi connectivity index (χ2n) is 3.92. The third kappa shape index (κ3) is 20.8. The maximum atomic E-state index is 11.2. The first-order valence-electron chi connectivity index (χ1n) is 6.18. The van der Waals surface area contributed by atoms with Gasteiger partial charge in [0, 0.05) is 12.4 Å². The van der Waals surface area contributed by atoms with Crippen LogP contribution in [0.2, 0.25) is 0 Å². The van der Waals surface area contributed by atoms with Crippen LogP contribution in [0.1, 0.15) is 32.6 Å². The Morgan fingerprint density at radius 2 is 1.52 bits per heavy atom. The first kappa shape index (κ1) is 39.1. The van der Waals surface area contributed by atoms with Crippen LogP contribution in [0.4, 0.5) is 0 Å². The standard InChI is InChI=1S/C9H15O2.C5H5N.5ClH.Sb/c1-2-11-9(10)8-6-4-3-5-7-8;1-2-4-6-5-3-1;;;;;;/h3,8H,2,4-7H2,1H3;1-5H;5*1H;/q-1;;;;;;;+5/p-5. The number of hydrogen-bond donors (Lipinski definition) is 0. The number of nitrogens with zero attached hydrogens (tertiary/aromatic N) is 1. The van der Waals surface area contributed by atoms with Crippen LogP contribution in [-0.2, 0) is 9.53 Å². The van der Waals surface area contributed by atoms with Crippen molar-refractivity contribution in [3.8, 4) is 0 Å². The second-order valence-corrected chi connectivity index (χ2v) is 3.92. The first-order valence-corrected chi connectivity index (χ1v) is 6.18. The molecule has 1 saturated carbocycles. The van der Waals surface area contributed by atoms with E-state index < -0.39 is 0 Å². The SMILES string of the molecule is CCOC(=O)C1CC[CH-]CC1.[Cl-].[Cl-].[Cl-].[Cl-].[Cl-].[Sb+5].c1ccncc1. The summed E-state index contributed by atoms with van der Waals surface area (Å²) < 4.78 is 4.93. The van der Waals surface area contributed by atoms with Crippen molar-refractivity contribution < 1.29 is 71.6 Å². The Hall–Kier alpha value is 0.888. The zero-order valence-corrected chi connectivity index (χ0v) is 19.0. The molecule has 0 radical (unpaired) electrons. The van der Waals surface area contributed by atoms with Crippen LogP contribution in [-0.4, -0.2) is 42.0 Å². The molecule has 0 N–H and O–H groups in total. The molecule has 0 atom stereocenters. The van der Waals surface area contributed by atoms with E-state index in [4.69, 9.17) is 4.74 Å². The molecule has 1 heterocycles. The zero-order chi connectivity index (χ0) is 12.3. The average molecular weight is 533 g/mol. The summed E-state index contributed by atoms with van der Waals surface area (Å²) >= 11 is 0. The minimum Gasteiger partial charge on any atom is -1.00 e. The Labute approximate surface area is 188 Å². The number of hydrogen-bond acceptors (Lipinski definition) is 3. The van der Waals surface area contributed by atoms with Crippen LogP contribution < -0.4 is 62.0 Å². The molecule has 1 aromatic rings. The molecular weight excluding hydrogens is 513 g/mol. The van der Waals surface area contributed by atoms with Gasteiger partial charge in [0.15, 0.2) is 0 Å². The second kappa shape index (κ2) is 27.7. The van der Waals surface area contributed by atoms with E-state index in [2.05, 4.69) is 11.4 Å². The summed E-state index contributed by atoms with van der Waals surface area (Å²) in [6.07, 6.45) is 9.86. The minimum absolute atomic E-state index is 0. The van der Waals surface area contributed by atoms with E-state index in [0.29, 0.717) is 6.61 Å². The Kier molecular flexibility index (Phi) is 47.1. The van der Waals surface area contributed by atoms with Crippen molar-refractivity contribution in [3.63, 3.8) is 0 Å². The van der Waals surface area contributed by atoms with Crippen molar-refractivity contribution in [2.45, 2.75) is 32.6 Å². The molecule has 3 nitrogen and oxygen atoms in total. The van der Waals surface area contributed by atoms with Gasteiger partial charge < -0.3 is 73.2 Å². The molecule has 0 saturated heterocycles. The third-order valence-electron chi connectivity index (χ3n) is 2.62. The van der Waals surface area contributed by atoms with Gasteiger partial charge in [-0.05, 0) is 19.1 Å². The summed E-state index contributed by atoms with van der Waals surface area (Å²) in [7, 11) is 0. The van der Waals surface area contributed by atoms with Crippen molar-refractivity contribution in [1.29, 1.82) is 0 Å². The van der Waals surface area contributed by atoms with Gasteiger partial charge in [-0.2, -0.15) is 12.8 Å². The van der Waals surface area contributed by atoms with Gasteiger partial charge in [0.2, 0.25) is 0 Å². The molecule has 9 heteroatoms. The van der Waals surface area contributed by atoms with Crippen LogP contribution in [0, 0.1) is 12.3 Å². The number of carbonyl (C=O) groups is 1.